The van der Waals surface area contributed by atoms with E-state index in [1.165, 1.54) is 19.2 Å². The van der Waals surface area contributed by atoms with Gasteiger partial charge in [0.2, 0.25) is 0 Å². The number of rotatable bonds is 2. The summed E-state index contributed by atoms with van der Waals surface area (Å²) in [5, 5.41) is 19.7. The summed E-state index contributed by atoms with van der Waals surface area (Å²) >= 11 is 0. The van der Waals surface area contributed by atoms with E-state index in [9.17, 15) is 27.8 Å². The Kier molecular flexibility index (Phi) is 3.22. The van der Waals surface area contributed by atoms with Gasteiger partial charge in [0.05, 0.1) is 7.11 Å². The lowest BCUT2D eigenvalue weighted by Crippen LogP contribution is -2.30. The molecule has 122 valence electrons. The van der Waals surface area contributed by atoms with Gasteiger partial charge in [0.25, 0.3) is 5.91 Å². The smallest absolute Gasteiger partial charge is 0.326 e. The van der Waals surface area contributed by atoms with Crippen molar-refractivity contribution in [2.45, 2.75) is 0 Å². The molecule has 0 atom stereocenters. The van der Waals surface area contributed by atoms with Crippen molar-refractivity contribution in [3.05, 3.63) is 24.0 Å². The summed E-state index contributed by atoms with van der Waals surface area (Å²) in [6.45, 7) is -0.645. The maximum absolute atomic E-state index is 14.8. The van der Waals surface area contributed by atoms with Crippen molar-refractivity contribution in [3.63, 3.8) is 0 Å². The van der Waals surface area contributed by atoms with Crippen molar-refractivity contribution < 1.29 is 32.6 Å². The number of anilines is 1. The van der Waals surface area contributed by atoms with Gasteiger partial charge in [0, 0.05) is 5.39 Å². The van der Waals surface area contributed by atoms with E-state index in [0.717, 1.165) is 6.07 Å². The number of nitrogens with zero attached hydrogens (tertiary/aromatic N) is 1. The van der Waals surface area contributed by atoms with Crippen molar-refractivity contribution in [3.8, 4) is 17.2 Å². The average molecular weight is 342 g/mol. The molecule has 0 unspecified atom stereocenters. The van der Waals surface area contributed by atoms with Crippen molar-refractivity contribution in [2.75, 3.05) is 18.0 Å². The summed E-state index contributed by atoms with van der Waals surface area (Å²) in [7, 11) is -3.00. The number of carbonyl (C=O) groups is 1. The fraction of sp³-hybridized carbons (Fsp3) is 0.154. The second-order valence-electron chi connectivity index (χ2n) is 4.84. The Balaban J connectivity index is 2.30. The number of benzene rings is 2. The van der Waals surface area contributed by atoms with Crippen LogP contribution in [0.4, 0.5) is 10.1 Å². The van der Waals surface area contributed by atoms with Gasteiger partial charge in [-0.3, -0.25) is 4.79 Å². The molecule has 2 aromatic rings. The molecule has 0 spiro atoms. The first kappa shape index (κ1) is 15.2. The van der Waals surface area contributed by atoms with Crippen LogP contribution in [0.3, 0.4) is 0 Å². The summed E-state index contributed by atoms with van der Waals surface area (Å²) in [6.07, 6.45) is 0. The Morgan fingerprint density at radius 2 is 1.91 bits per heavy atom. The standard InChI is InChI=1S/C13H11FN2O6S/c1-22-10-4-7-6(2-8(10)17)3-9(18)13(12(7)14)16-5-11(19)15-23(16,20)21/h2-4,17-18H,5H2,1H3,(H,15,19). The number of fused-ring (bicyclic) bond motifs is 1. The van der Waals surface area contributed by atoms with E-state index >= 15 is 0 Å². The van der Waals surface area contributed by atoms with Crippen LogP contribution < -0.4 is 13.8 Å². The Morgan fingerprint density at radius 3 is 2.48 bits per heavy atom. The Hall–Kier alpha value is -2.75. The average Bonchev–Trinajstić information content (AvgIpc) is 2.71. The molecule has 1 fully saturated rings. The first-order valence-electron chi connectivity index (χ1n) is 6.30. The quantitative estimate of drug-likeness (QED) is 0.735. The first-order chi connectivity index (χ1) is 10.7. The number of methoxy groups -OCH3 is 1. The van der Waals surface area contributed by atoms with E-state index in [2.05, 4.69) is 0 Å². The molecular weight excluding hydrogens is 331 g/mol. The highest BCUT2D eigenvalue weighted by Gasteiger charge is 2.37. The van der Waals surface area contributed by atoms with Crippen LogP contribution in [0, 0.1) is 5.82 Å². The zero-order valence-corrected chi connectivity index (χ0v) is 12.5. The number of phenolic OH excluding ortho intramolecular Hbond substituents is 2. The second kappa shape index (κ2) is 4.88. The summed E-state index contributed by atoms with van der Waals surface area (Å²) in [6, 6.07) is 3.43. The minimum Gasteiger partial charge on any atom is -0.506 e. The zero-order chi connectivity index (χ0) is 16.9. The third-order valence-electron chi connectivity index (χ3n) is 3.40. The molecule has 1 aliphatic rings. The molecule has 0 saturated carbocycles. The highest BCUT2D eigenvalue weighted by molar-refractivity contribution is 7.92. The molecule has 0 aromatic heterocycles. The van der Waals surface area contributed by atoms with Crippen LogP contribution in [0.1, 0.15) is 0 Å². The molecule has 0 aliphatic carbocycles. The van der Waals surface area contributed by atoms with Gasteiger partial charge in [-0.05, 0) is 23.6 Å². The zero-order valence-electron chi connectivity index (χ0n) is 11.7. The number of phenols is 2. The van der Waals surface area contributed by atoms with Gasteiger partial charge in [-0.25, -0.2) is 13.4 Å². The normalized spacial score (nSPS) is 16.6. The van der Waals surface area contributed by atoms with Gasteiger partial charge in [-0.2, -0.15) is 8.42 Å². The first-order valence-corrected chi connectivity index (χ1v) is 7.74. The fourth-order valence-corrected chi connectivity index (χ4v) is 3.56. The number of halogens is 1. The van der Waals surface area contributed by atoms with E-state index < -0.39 is 39.9 Å². The minimum atomic E-state index is -4.27. The van der Waals surface area contributed by atoms with E-state index in [1.54, 1.807) is 4.72 Å². The van der Waals surface area contributed by atoms with Crippen molar-refractivity contribution in [1.29, 1.82) is 0 Å². The van der Waals surface area contributed by atoms with E-state index in [-0.39, 0.29) is 22.3 Å². The topological polar surface area (TPSA) is 116 Å². The fourth-order valence-electron chi connectivity index (χ4n) is 2.40. The lowest BCUT2D eigenvalue weighted by Gasteiger charge is -2.18. The van der Waals surface area contributed by atoms with Gasteiger partial charge in [0.15, 0.2) is 17.3 Å². The van der Waals surface area contributed by atoms with E-state index in [4.69, 9.17) is 4.74 Å². The van der Waals surface area contributed by atoms with Crippen LogP contribution in [0.2, 0.25) is 0 Å². The van der Waals surface area contributed by atoms with Gasteiger partial charge < -0.3 is 14.9 Å². The third kappa shape index (κ3) is 2.27. The number of ether oxygens (including phenoxy) is 1. The molecule has 1 aliphatic heterocycles. The summed E-state index contributed by atoms with van der Waals surface area (Å²) < 4.78 is 45.5. The molecule has 8 nitrogen and oxygen atoms in total. The van der Waals surface area contributed by atoms with Crippen molar-refractivity contribution in [2.24, 2.45) is 0 Å². The molecule has 2 aromatic carbocycles. The maximum Gasteiger partial charge on any atom is 0.326 e. The molecular formula is C13H11FN2O6S. The Morgan fingerprint density at radius 1 is 1.26 bits per heavy atom. The third-order valence-corrected chi connectivity index (χ3v) is 4.78. The molecule has 23 heavy (non-hydrogen) atoms. The van der Waals surface area contributed by atoms with Gasteiger partial charge >= 0.3 is 10.2 Å². The molecule has 1 heterocycles. The lowest BCUT2D eigenvalue weighted by molar-refractivity contribution is -0.117. The van der Waals surface area contributed by atoms with E-state index in [0.29, 0.717) is 4.31 Å². The number of nitrogens with one attached hydrogen (secondary N) is 1. The minimum absolute atomic E-state index is 0.0217. The van der Waals surface area contributed by atoms with Crippen LogP contribution in [-0.4, -0.2) is 38.2 Å². The van der Waals surface area contributed by atoms with Gasteiger partial charge in [-0.1, -0.05) is 0 Å². The van der Waals surface area contributed by atoms with Crippen LogP contribution >= 0.6 is 0 Å². The monoisotopic (exact) mass is 342 g/mol. The Labute approximate surface area is 129 Å². The number of hydrogen-bond acceptors (Lipinski definition) is 6. The maximum atomic E-state index is 14.8. The summed E-state index contributed by atoms with van der Waals surface area (Å²) in [5.74, 6) is -2.87. The van der Waals surface area contributed by atoms with Crippen LogP contribution in [0.5, 0.6) is 17.2 Å². The van der Waals surface area contributed by atoms with Crippen LogP contribution in [-0.2, 0) is 15.0 Å². The number of hydrogen-bond donors (Lipinski definition) is 3. The van der Waals surface area contributed by atoms with Crippen molar-refractivity contribution >= 4 is 32.6 Å². The van der Waals surface area contributed by atoms with Crippen LogP contribution in [0.15, 0.2) is 18.2 Å². The highest BCUT2D eigenvalue weighted by Crippen LogP contribution is 2.41. The van der Waals surface area contributed by atoms with Gasteiger partial charge in [0.1, 0.15) is 18.0 Å². The Bertz CT molecular complexity index is 943. The highest BCUT2D eigenvalue weighted by atomic mass is 32.2. The molecule has 1 amide bonds. The summed E-state index contributed by atoms with van der Waals surface area (Å²) in [4.78, 5) is 11.3. The summed E-state index contributed by atoms with van der Waals surface area (Å²) in [5.41, 5.74) is -0.649. The number of amides is 1. The molecule has 10 heteroatoms. The molecule has 3 rings (SSSR count). The predicted octanol–water partition coefficient (Wildman–Crippen LogP) is 0.580. The lowest BCUT2D eigenvalue weighted by atomic mass is 10.1. The van der Waals surface area contributed by atoms with Gasteiger partial charge in [-0.15, -0.1) is 0 Å². The SMILES string of the molecule is COc1cc2c(F)c(N3CC(=O)NS3(=O)=O)c(O)cc2cc1O. The molecule has 3 N–H and O–H groups in total. The second-order valence-corrected chi connectivity index (χ2v) is 6.44. The number of carbonyl (C=O) groups excluding carboxylic acids is 1. The van der Waals surface area contributed by atoms with Crippen molar-refractivity contribution in [1.82, 2.24) is 4.72 Å². The molecule has 0 bridgehead atoms. The van der Waals surface area contributed by atoms with Crippen LogP contribution in [0.25, 0.3) is 10.8 Å². The van der Waals surface area contributed by atoms with E-state index in [1.807, 2.05) is 0 Å². The molecule has 0 radical (unpaired) electrons. The molecule has 1 saturated heterocycles. The predicted molar refractivity (Wildman–Crippen MR) is 78.2 cm³/mol. The largest absolute Gasteiger partial charge is 0.506 e. The number of aromatic hydroxyl groups is 2.